The minimum Gasteiger partial charge on any atom is -0.489 e. The Labute approximate surface area is 167 Å². The highest BCUT2D eigenvalue weighted by molar-refractivity contribution is 6.31. The van der Waals surface area contributed by atoms with Gasteiger partial charge in [0.15, 0.2) is 11.5 Å². The van der Waals surface area contributed by atoms with Crippen molar-refractivity contribution in [3.8, 4) is 17.2 Å². The normalized spacial score (nSPS) is 12.6. The zero-order valence-electron chi connectivity index (χ0n) is 15.1. The van der Waals surface area contributed by atoms with E-state index in [9.17, 15) is 4.79 Å². The molecule has 1 N–H and O–H groups in total. The number of amides is 1. The van der Waals surface area contributed by atoms with Gasteiger partial charge in [0.05, 0.1) is 13.0 Å². The van der Waals surface area contributed by atoms with Crippen molar-refractivity contribution >= 4 is 28.4 Å². The number of hydrogen-bond acceptors (Lipinski definition) is 5. The first-order valence-corrected chi connectivity index (χ1v) is 9.40. The van der Waals surface area contributed by atoms with Gasteiger partial charge < -0.3 is 19.5 Å². The molecule has 7 heteroatoms. The Morgan fingerprint density at radius 3 is 2.79 bits per heavy atom. The second-order valence-corrected chi connectivity index (χ2v) is 6.70. The van der Waals surface area contributed by atoms with E-state index in [1.165, 1.54) is 0 Å². The molecule has 0 unspecified atom stereocenters. The first-order chi connectivity index (χ1) is 13.7. The molecule has 144 valence electrons. The van der Waals surface area contributed by atoms with Crippen LogP contribution < -0.4 is 19.5 Å². The second kappa shape index (κ2) is 8.35. The number of nitrogens with one attached hydrogen (secondary N) is 1. The van der Waals surface area contributed by atoms with Crippen molar-refractivity contribution in [2.45, 2.75) is 6.42 Å². The summed E-state index contributed by atoms with van der Waals surface area (Å²) >= 11 is 6.25. The molecule has 0 bridgehead atoms. The van der Waals surface area contributed by atoms with Crippen LogP contribution in [0.5, 0.6) is 17.2 Å². The van der Waals surface area contributed by atoms with Crippen LogP contribution in [0.25, 0.3) is 10.9 Å². The highest BCUT2D eigenvalue weighted by Crippen LogP contribution is 2.35. The second-order valence-electron chi connectivity index (χ2n) is 6.29. The van der Waals surface area contributed by atoms with Gasteiger partial charge >= 0.3 is 0 Å². The van der Waals surface area contributed by atoms with E-state index in [2.05, 4.69) is 10.3 Å². The van der Waals surface area contributed by atoms with Crippen LogP contribution in [0.4, 0.5) is 0 Å². The van der Waals surface area contributed by atoms with Gasteiger partial charge in [-0.1, -0.05) is 29.8 Å². The molecular formula is C21H19ClN2O4. The number of aromatic nitrogens is 1. The fourth-order valence-corrected chi connectivity index (χ4v) is 3.24. The maximum absolute atomic E-state index is 12.2. The zero-order valence-corrected chi connectivity index (χ0v) is 15.9. The van der Waals surface area contributed by atoms with E-state index in [1.54, 1.807) is 18.3 Å². The molecule has 1 aliphatic rings. The first-order valence-electron chi connectivity index (χ1n) is 9.02. The quantitative estimate of drug-likeness (QED) is 0.644. The number of hydrogen-bond donors (Lipinski definition) is 1. The Morgan fingerprint density at radius 2 is 1.93 bits per heavy atom. The van der Waals surface area contributed by atoms with Crippen molar-refractivity contribution in [2.24, 2.45) is 0 Å². The van der Waals surface area contributed by atoms with Crippen molar-refractivity contribution < 1.29 is 19.0 Å². The first kappa shape index (κ1) is 18.4. The Balaban J connectivity index is 1.30. The fraction of sp³-hybridized carbons (Fsp3) is 0.238. The van der Waals surface area contributed by atoms with Gasteiger partial charge in [-0.05, 0) is 23.8 Å². The number of ether oxygens (including phenoxy) is 3. The average Bonchev–Trinajstić information content (AvgIpc) is 2.72. The average molecular weight is 399 g/mol. The van der Waals surface area contributed by atoms with E-state index in [0.29, 0.717) is 54.2 Å². The predicted molar refractivity (Wildman–Crippen MR) is 106 cm³/mol. The summed E-state index contributed by atoms with van der Waals surface area (Å²) in [7, 11) is 0. The van der Waals surface area contributed by atoms with Gasteiger partial charge in [0.25, 0.3) is 0 Å². The number of nitrogens with zero attached hydrogens (tertiary/aromatic N) is 1. The largest absolute Gasteiger partial charge is 0.489 e. The van der Waals surface area contributed by atoms with Crippen molar-refractivity contribution in [3.63, 3.8) is 0 Å². The lowest BCUT2D eigenvalue weighted by molar-refractivity contribution is -0.120. The maximum Gasteiger partial charge on any atom is 0.224 e. The predicted octanol–water partition coefficient (Wildman–Crippen LogP) is 3.40. The smallest absolute Gasteiger partial charge is 0.224 e. The van der Waals surface area contributed by atoms with Crippen LogP contribution in [0.1, 0.15) is 5.56 Å². The number of carbonyl (C=O) groups excluding carboxylic acids is 1. The third-order valence-electron chi connectivity index (χ3n) is 4.34. The Bertz CT molecular complexity index is 1000. The lowest BCUT2D eigenvalue weighted by atomic mass is 10.1. The van der Waals surface area contributed by atoms with Crippen molar-refractivity contribution in [1.29, 1.82) is 0 Å². The highest BCUT2D eigenvalue weighted by Gasteiger charge is 2.16. The molecule has 1 aromatic heterocycles. The summed E-state index contributed by atoms with van der Waals surface area (Å²) in [4.78, 5) is 16.6. The Morgan fingerprint density at radius 1 is 1.14 bits per heavy atom. The van der Waals surface area contributed by atoms with Crippen molar-refractivity contribution in [3.05, 3.63) is 59.2 Å². The van der Waals surface area contributed by atoms with Crippen molar-refractivity contribution in [1.82, 2.24) is 10.3 Å². The van der Waals surface area contributed by atoms with E-state index in [0.717, 1.165) is 10.9 Å². The molecular weight excluding hydrogens is 380 g/mol. The fourth-order valence-electron chi connectivity index (χ4n) is 3.02. The number of benzene rings is 2. The topological polar surface area (TPSA) is 69.7 Å². The van der Waals surface area contributed by atoms with Gasteiger partial charge in [-0.25, -0.2) is 0 Å². The van der Waals surface area contributed by atoms with Gasteiger partial charge in [0, 0.05) is 22.7 Å². The molecule has 1 amide bonds. The van der Waals surface area contributed by atoms with Gasteiger partial charge in [-0.3, -0.25) is 9.78 Å². The van der Waals surface area contributed by atoms with Crippen LogP contribution in [0, 0.1) is 0 Å². The third kappa shape index (κ3) is 4.12. The summed E-state index contributed by atoms with van der Waals surface area (Å²) in [5, 5.41) is 4.34. The van der Waals surface area contributed by atoms with Gasteiger partial charge in [-0.15, -0.1) is 0 Å². The van der Waals surface area contributed by atoms with Crippen molar-refractivity contribution in [2.75, 3.05) is 26.4 Å². The molecule has 0 spiro atoms. The van der Waals surface area contributed by atoms with Crippen LogP contribution in [-0.2, 0) is 11.2 Å². The van der Waals surface area contributed by atoms with Gasteiger partial charge in [0.1, 0.15) is 31.1 Å². The van der Waals surface area contributed by atoms with E-state index in [1.807, 2.05) is 30.3 Å². The van der Waals surface area contributed by atoms with Crippen LogP contribution in [0.15, 0.2) is 48.7 Å². The van der Waals surface area contributed by atoms with Gasteiger partial charge in [-0.2, -0.15) is 0 Å². The highest BCUT2D eigenvalue weighted by atomic mass is 35.5. The molecule has 0 saturated heterocycles. The summed E-state index contributed by atoms with van der Waals surface area (Å²) in [6, 6.07) is 13.1. The molecule has 2 aromatic carbocycles. The summed E-state index contributed by atoms with van der Waals surface area (Å²) in [5.41, 5.74) is 1.50. The third-order valence-corrected chi connectivity index (χ3v) is 4.69. The van der Waals surface area contributed by atoms with E-state index in [4.69, 9.17) is 25.8 Å². The molecule has 0 atom stereocenters. The monoisotopic (exact) mass is 398 g/mol. The zero-order chi connectivity index (χ0) is 19.3. The molecule has 1 aliphatic heterocycles. The van der Waals surface area contributed by atoms with E-state index < -0.39 is 0 Å². The summed E-state index contributed by atoms with van der Waals surface area (Å²) in [5.74, 6) is 1.78. The molecule has 3 aromatic rings. The minimum atomic E-state index is -0.141. The minimum absolute atomic E-state index is 0.141. The summed E-state index contributed by atoms with van der Waals surface area (Å²) in [6.45, 7) is 1.70. The summed E-state index contributed by atoms with van der Waals surface area (Å²) < 4.78 is 16.8. The van der Waals surface area contributed by atoms with Crippen LogP contribution in [-0.4, -0.2) is 37.3 Å². The Hall–Kier alpha value is -2.99. The number of rotatable bonds is 6. The number of fused-ring (bicyclic) bond motifs is 2. The van der Waals surface area contributed by atoms with E-state index in [-0.39, 0.29) is 12.3 Å². The Kier molecular flexibility index (Phi) is 5.48. The van der Waals surface area contributed by atoms with Crippen LogP contribution in [0.3, 0.4) is 0 Å². The maximum atomic E-state index is 12.2. The van der Waals surface area contributed by atoms with E-state index >= 15 is 0 Å². The molecule has 0 saturated carbocycles. The number of para-hydroxylation sites is 1. The molecule has 28 heavy (non-hydrogen) atoms. The number of pyridine rings is 1. The van der Waals surface area contributed by atoms with Gasteiger partial charge in [0.2, 0.25) is 5.91 Å². The van der Waals surface area contributed by atoms with Crippen LogP contribution >= 0.6 is 11.6 Å². The lowest BCUT2D eigenvalue weighted by Crippen LogP contribution is -2.29. The summed E-state index contributed by atoms with van der Waals surface area (Å²) in [6.07, 6.45) is 1.89. The number of halogens is 1. The molecule has 2 heterocycles. The lowest BCUT2D eigenvalue weighted by Gasteiger charge is -2.19. The van der Waals surface area contributed by atoms with Crippen LogP contribution in [0.2, 0.25) is 5.02 Å². The molecule has 0 fully saturated rings. The molecule has 6 nitrogen and oxygen atoms in total. The standard InChI is InChI=1S/C21H19ClN2O4/c22-16-13-19-18(27-9-10-28-19)11-15(16)12-20(25)23-7-8-26-17-5-1-3-14-4-2-6-24-21(14)17/h1-6,11,13H,7-10,12H2,(H,23,25). The SMILES string of the molecule is O=C(Cc1cc2c(cc1Cl)OCCO2)NCCOc1cccc2cccnc12. The molecule has 0 aliphatic carbocycles. The molecule has 0 radical (unpaired) electrons. The number of carbonyl (C=O) groups is 1. The molecule has 4 rings (SSSR count).